The number of hydrogen-bond acceptors (Lipinski definition) is 2. The molecule has 3 rings (SSSR count). The first-order valence-electron chi connectivity index (χ1n) is 7.34. The van der Waals surface area contributed by atoms with E-state index in [1.807, 2.05) is 6.92 Å². The highest BCUT2D eigenvalue weighted by Gasteiger charge is 2.63. The Morgan fingerprint density at radius 1 is 1.24 bits per heavy atom. The van der Waals surface area contributed by atoms with Crippen molar-refractivity contribution in [1.82, 2.24) is 0 Å². The molecule has 2 saturated carbocycles. The van der Waals surface area contributed by atoms with Crippen molar-refractivity contribution in [3.05, 3.63) is 47.3 Å². The van der Waals surface area contributed by atoms with Crippen molar-refractivity contribution in [3.63, 3.8) is 0 Å². The molecule has 1 aromatic carbocycles. The average Bonchev–Trinajstić information content (AvgIpc) is 2.74. The molecule has 0 amide bonds. The van der Waals surface area contributed by atoms with Crippen molar-refractivity contribution in [2.75, 3.05) is 0 Å². The second kappa shape index (κ2) is 4.36. The number of carbonyl (C=O) groups excluding carboxylic acids is 2. The molecule has 2 atom stereocenters. The van der Waals surface area contributed by atoms with Crippen molar-refractivity contribution < 1.29 is 14.0 Å². The lowest BCUT2D eigenvalue weighted by Crippen LogP contribution is -2.32. The van der Waals surface area contributed by atoms with E-state index in [4.69, 9.17) is 0 Å². The molecule has 0 heterocycles. The first-order valence-corrected chi connectivity index (χ1v) is 7.34. The number of ketones is 2. The molecule has 0 unspecified atom stereocenters. The lowest BCUT2D eigenvalue weighted by molar-refractivity contribution is -0.125. The Morgan fingerprint density at radius 3 is 2.38 bits per heavy atom. The smallest absolute Gasteiger partial charge is 0.186 e. The highest BCUT2D eigenvalue weighted by atomic mass is 19.1. The number of fused-ring (bicyclic) bond motifs is 2. The predicted octanol–water partition coefficient (Wildman–Crippen LogP) is 3.96. The lowest BCUT2D eigenvalue weighted by atomic mass is 9.70. The van der Waals surface area contributed by atoms with Crippen LogP contribution >= 0.6 is 0 Å². The van der Waals surface area contributed by atoms with Gasteiger partial charge in [-0.2, -0.15) is 0 Å². The van der Waals surface area contributed by atoms with E-state index in [0.29, 0.717) is 11.1 Å². The normalized spacial score (nSPS) is 31.9. The minimum atomic E-state index is -0.371. The Kier molecular flexibility index (Phi) is 2.94. The van der Waals surface area contributed by atoms with Gasteiger partial charge in [-0.3, -0.25) is 9.59 Å². The van der Waals surface area contributed by atoms with Crippen LogP contribution in [0.1, 0.15) is 44.0 Å². The summed E-state index contributed by atoms with van der Waals surface area (Å²) in [6.07, 6.45) is 3.33. The maximum atomic E-state index is 12.9. The molecule has 0 spiro atoms. The highest BCUT2D eigenvalue weighted by molar-refractivity contribution is 6.13. The van der Waals surface area contributed by atoms with E-state index in [2.05, 4.69) is 13.8 Å². The summed E-state index contributed by atoms with van der Waals surface area (Å²) >= 11 is 0. The maximum absolute atomic E-state index is 12.9. The number of halogens is 1. The lowest BCUT2D eigenvalue weighted by Gasteiger charge is -2.31. The molecule has 0 aliphatic heterocycles. The Balaban J connectivity index is 1.96. The maximum Gasteiger partial charge on any atom is 0.186 e. The first-order chi connectivity index (χ1) is 9.77. The van der Waals surface area contributed by atoms with Gasteiger partial charge in [-0.1, -0.05) is 20.8 Å². The fourth-order valence-corrected chi connectivity index (χ4v) is 3.93. The summed E-state index contributed by atoms with van der Waals surface area (Å²) in [7, 11) is 0. The molecule has 2 fully saturated rings. The van der Waals surface area contributed by atoms with Gasteiger partial charge in [-0.25, -0.2) is 4.39 Å². The number of carbonyl (C=O) groups is 2. The van der Waals surface area contributed by atoms with E-state index in [9.17, 15) is 14.0 Å². The Bertz CT molecular complexity index is 654. The Morgan fingerprint density at radius 2 is 1.86 bits per heavy atom. The summed E-state index contributed by atoms with van der Waals surface area (Å²) in [5.41, 5.74) is 0.622. The third-order valence-electron chi connectivity index (χ3n) is 5.78. The molecule has 0 N–H and O–H groups in total. The van der Waals surface area contributed by atoms with Gasteiger partial charge in [0.15, 0.2) is 11.6 Å². The first kappa shape index (κ1) is 14.2. The molecule has 21 heavy (non-hydrogen) atoms. The number of benzene rings is 1. The molecule has 3 heteroatoms. The zero-order valence-electron chi connectivity index (χ0n) is 12.6. The van der Waals surface area contributed by atoms with E-state index < -0.39 is 0 Å². The summed E-state index contributed by atoms with van der Waals surface area (Å²) in [6.45, 7) is 6.25. The van der Waals surface area contributed by atoms with Crippen LogP contribution in [0.5, 0.6) is 0 Å². The monoisotopic (exact) mass is 286 g/mol. The second-order valence-electron chi connectivity index (χ2n) is 6.95. The fraction of sp³-hybridized carbons (Fsp3) is 0.444. The Hall–Kier alpha value is -1.77. The molecule has 2 bridgehead atoms. The van der Waals surface area contributed by atoms with Crippen LogP contribution in [0.2, 0.25) is 0 Å². The predicted molar refractivity (Wildman–Crippen MR) is 78.4 cm³/mol. The number of allylic oxidation sites excluding steroid dienone is 2. The van der Waals surface area contributed by atoms with Gasteiger partial charge < -0.3 is 0 Å². The van der Waals surface area contributed by atoms with E-state index in [1.54, 1.807) is 0 Å². The summed E-state index contributed by atoms with van der Waals surface area (Å²) < 4.78 is 12.9. The summed E-state index contributed by atoms with van der Waals surface area (Å²) in [6, 6.07) is 5.44. The number of Topliss-reactive ketones (excluding diaryl/α,β-unsaturated/α-hetero) is 1. The fourth-order valence-electron chi connectivity index (χ4n) is 3.93. The molecule has 2 aliphatic carbocycles. The molecular formula is C18H19FO2. The number of hydrogen-bond donors (Lipinski definition) is 0. The average molecular weight is 286 g/mol. The summed E-state index contributed by atoms with van der Waals surface area (Å²) in [5.74, 6) is -0.326. The van der Waals surface area contributed by atoms with Crippen LogP contribution in [0.25, 0.3) is 0 Å². The van der Waals surface area contributed by atoms with Gasteiger partial charge in [-0.15, -0.1) is 0 Å². The quantitative estimate of drug-likeness (QED) is 0.609. The Labute approximate surface area is 124 Å². The van der Waals surface area contributed by atoms with Crippen LogP contribution in [-0.2, 0) is 4.79 Å². The molecule has 0 radical (unpaired) electrons. The van der Waals surface area contributed by atoms with Crippen LogP contribution in [0, 0.1) is 22.6 Å². The molecule has 0 saturated heterocycles. The molecule has 0 aromatic heterocycles. The van der Waals surface area contributed by atoms with Gasteiger partial charge >= 0.3 is 0 Å². The van der Waals surface area contributed by atoms with Crippen molar-refractivity contribution in [2.45, 2.75) is 33.6 Å². The molecule has 1 aromatic rings. The summed E-state index contributed by atoms with van der Waals surface area (Å²) in [5, 5.41) is 0. The zero-order chi connectivity index (χ0) is 15.4. The number of rotatable bonds is 2. The molecule has 2 aliphatic rings. The van der Waals surface area contributed by atoms with Crippen molar-refractivity contribution in [3.8, 4) is 0 Å². The topological polar surface area (TPSA) is 34.1 Å². The van der Waals surface area contributed by atoms with E-state index in [-0.39, 0.29) is 34.1 Å². The zero-order valence-corrected chi connectivity index (χ0v) is 12.6. The van der Waals surface area contributed by atoms with Crippen LogP contribution < -0.4 is 0 Å². The molecule has 110 valence electrons. The van der Waals surface area contributed by atoms with Gasteiger partial charge in [0.1, 0.15) is 5.82 Å². The van der Waals surface area contributed by atoms with Crippen molar-refractivity contribution in [2.24, 2.45) is 16.7 Å². The van der Waals surface area contributed by atoms with E-state index in [0.717, 1.165) is 12.8 Å². The third-order valence-corrected chi connectivity index (χ3v) is 5.78. The van der Waals surface area contributed by atoms with Crippen LogP contribution in [0.15, 0.2) is 35.9 Å². The van der Waals surface area contributed by atoms with Crippen LogP contribution in [0.4, 0.5) is 4.39 Å². The van der Waals surface area contributed by atoms with E-state index in [1.165, 1.54) is 30.3 Å². The van der Waals surface area contributed by atoms with Crippen molar-refractivity contribution >= 4 is 11.6 Å². The second-order valence-corrected chi connectivity index (χ2v) is 6.95. The minimum absolute atomic E-state index is 0.0982. The largest absolute Gasteiger partial charge is 0.294 e. The summed E-state index contributed by atoms with van der Waals surface area (Å²) in [4.78, 5) is 24.9. The van der Waals surface area contributed by atoms with Gasteiger partial charge in [0.05, 0.1) is 0 Å². The molecular weight excluding hydrogens is 267 g/mol. The molecule has 2 nitrogen and oxygen atoms in total. The minimum Gasteiger partial charge on any atom is -0.294 e. The van der Waals surface area contributed by atoms with Gasteiger partial charge in [0.2, 0.25) is 0 Å². The standard InChI is InChI=1S/C18H19FO2/c1-17(2)14-8-9-18(17,3)16(21)13(14)10-15(20)11-4-6-12(19)7-5-11/h4-7,10,14H,8-9H2,1-3H3/t14-,18+/m0/s1. The van der Waals surface area contributed by atoms with Crippen LogP contribution in [-0.4, -0.2) is 11.6 Å². The van der Waals surface area contributed by atoms with Crippen molar-refractivity contribution in [1.29, 1.82) is 0 Å². The third kappa shape index (κ3) is 1.83. The van der Waals surface area contributed by atoms with E-state index >= 15 is 0 Å². The van der Waals surface area contributed by atoms with Gasteiger partial charge in [0, 0.05) is 16.6 Å². The SMILES string of the molecule is CC1(C)[C@H]2CC[C@]1(C)C(=O)C2=CC(=O)c1ccc(F)cc1. The van der Waals surface area contributed by atoms with Crippen LogP contribution in [0.3, 0.4) is 0 Å². The highest BCUT2D eigenvalue weighted by Crippen LogP contribution is 2.65. The van der Waals surface area contributed by atoms with Gasteiger partial charge in [0.25, 0.3) is 0 Å². The van der Waals surface area contributed by atoms with Gasteiger partial charge in [-0.05, 0) is 54.5 Å².